The molecule has 2 heterocycles. The Morgan fingerprint density at radius 2 is 2.10 bits per heavy atom. The maximum Gasteiger partial charge on any atom is 0.263 e. The molecule has 2 aromatic heterocycles. The van der Waals surface area contributed by atoms with Crippen molar-refractivity contribution in [2.75, 3.05) is 0 Å². The van der Waals surface area contributed by atoms with Crippen LogP contribution in [0.25, 0.3) is 11.5 Å². The third kappa shape index (κ3) is 2.36. The van der Waals surface area contributed by atoms with Crippen molar-refractivity contribution in [3.63, 3.8) is 0 Å². The molecule has 3 rings (SSSR count). The molecule has 1 aliphatic carbocycles. The van der Waals surface area contributed by atoms with Gasteiger partial charge in [-0.3, -0.25) is 4.79 Å². The average Bonchev–Trinajstić information content (AvgIpc) is 3.02. The molecule has 0 aromatic carbocycles. The van der Waals surface area contributed by atoms with E-state index in [2.05, 4.69) is 10.1 Å². The maximum atomic E-state index is 12.0. The second-order valence-corrected chi connectivity index (χ2v) is 5.12. The molecule has 0 radical (unpaired) electrons. The predicted molar refractivity (Wildman–Crippen MR) is 76.6 cm³/mol. The lowest BCUT2D eigenvalue weighted by atomic mass is 9.99. The van der Waals surface area contributed by atoms with Gasteiger partial charge in [0.2, 0.25) is 0 Å². The summed E-state index contributed by atoms with van der Waals surface area (Å²) < 4.78 is 6.69. The first-order valence-electron chi connectivity index (χ1n) is 6.39. The molecular weight excluding hydrogens is 280 g/mol. The predicted octanol–water partition coefficient (Wildman–Crippen LogP) is 1.59. The molecule has 0 atom stereocenters. The lowest BCUT2D eigenvalue weighted by Crippen LogP contribution is -2.34. The number of aromatic nitrogens is 3. The van der Waals surface area contributed by atoms with Crippen molar-refractivity contribution in [3.8, 4) is 11.5 Å². The number of halogens is 1. The van der Waals surface area contributed by atoms with E-state index in [1.54, 1.807) is 25.4 Å². The van der Waals surface area contributed by atoms with Crippen LogP contribution in [0.4, 0.5) is 0 Å². The standard InChI is InChI=1S/C13H16N4O2.ClH/c1-17-8-4-5-9(11(17)18)10-15-12(16-19-10)13(14)6-2-3-7-13;/h4-5,8H,2-3,6-7,14H2,1H3;1H. The van der Waals surface area contributed by atoms with Crippen LogP contribution in [0, 0.1) is 0 Å². The molecule has 108 valence electrons. The summed E-state index contributed by atoms with van der Waals surface area (Å²) in [6.07, 6.45) is 5.56. The van der Waals surface area contributed by atoms with Crippen molar-refractivity contribution in [1.29, 1.82) is 0 Å². The molecule has 1 aliphatic rings. The van der Waals surface area contributed by atoms with E-state index < -0.39 is 5.54 Å². The van der Waals surface area contributed by atoms with E-state index in [0.717, 1.165) is 25.7 Å². The van der Waals surface area contributed by atoms with Gasteiger partial charge in [-0.05, 0) is 25.0 Å². The highest BCUT2D eigenvalue weighted by Crippen LogP contribution is 2.35. The van der Waals surface area contributed by atoms with Crippen LogP contribution in [-0.2, 0) is 12.6 Å². The van der Waals surface area contributed by atoms with E-state index in [-0.39, 0.29) is 23.9 Å². The van der Waals surface area contributed by atoms with Gasteiger partial charge in [-0.1, -0.05) is 18.0 Å². The normalized spacial score (nSPS) is 16.9. The minimum Gasteiger partial charge on any atom is -0.334 e. The number of hydrogen-bond donors (Lipinski definition) is 1. The zero-order chi connectivity index (χ0) is 13.5. The number of hydrogen-bond acceptors (Lipinski definition) is 5. The van der Waals surface area contributed by atoms with Crippen LogP contribution in [0.1, 0.15) is 31.5 Å². The van der Waals surface area contributed by atoms with E-state index in [0.29, 0.717) is 11.4 Å². The minimum atomic E-state index is -0.498. The fourth-order valence-corrected chi connectivity index (χ4v) is 2.52. The van der Waals surface area contributed by atoms with Gasteiger partial charge in [-0.25, -0.2) is 0 Å². The molecule has 0 spiro atoms. The molecule has 6 nitrogen and oxygen atoms in total. The van der Waals surface area contributed by atoms with Gasteiger partial charge >= 0.3 is 0 Å². The van der Waals surface area contributed by atoms with Crippen LogP contribution in [0.15, 0.2) is 27.6 Å². The fraction of sp³-hybridized carbons (Fsp3) is 0.462. The van der Waals surface area contributed by atoms with E-state index in [1.807, 2.05) is 0 Å². The third-order valence-electron chi connectivity index (χ3n) is 3.72. The van der Waals surface area contributed by atoms with E-state index in [9.17, 15) is 4.79 Å². The molecule has 1 fully saturated rings. The zero-order valence-corrected chi connectivity index (χ0v) is 12.0. The minimum absolute atomic E-state index is 0. The van der Waals surface area contributed by atoms with Crippen LogP contribution in [0.2, 0.25) is 0 Å². The highest BCUT2D eigenvalue weighted by atomic mass is 35.5. The van der Waals surface area contributed by atoms with Gasteiger partial charge in [0.05, 0.1) is 5.54 Å². The number of nitrogens with zero attached hydrogens (tertiary/aromatic N) is 3. The van der Waals surface area contributed by atoms with Crippen molar-refractivity contribution < 1.29 is 4.52 Å². The van der Waals surface area contributed by atoms with E-state index in [1.165, 1.54) is 4.57 Å². The molecule has 0 amide bonds. The molecule has 7 heteroatoms. The monoisotopic (exact) mass is 296 g/mol. The molecule has 2 aromatic rings. The quantitative estimate of drug-likeness (QED) is 0.909. The molecule has 0 saturated heterocycles. The molecule has 0 aliphatic heterocycles. The summed E-state index contributed by atoms with van der Waals surface area (Å²) in [4.78, 5) is 16.3. The van der Waals surface area contributed by atoms with Crippen LogP contribution < -0.4 is 11.3 Å². The number of rotatable bonds is 2. The van der Waals surface area contributed by atoms with Gasteiger partial charge in [0.1, 0.15) is 5.56 Å². The Morgan fingerprint density at radius 1 is 1.40 bits per heavy atom. The summed E-state index contributed by atoms with van der Waals surface area (Å²) in [5, 5.41) is 3.96. The summed E-state index contributed by atoms with van der Waals surface area (Å²) >= 11 is 0. The van der Waals surface area contributed by atoms with Gasteiger partial charge in [-0.15, -0.1) is 12.4 Å². The van der Waals surface area contributed by atoms with Crippen molar-refractivity contribution in [2.45, 2.75) is 31.2 Å². The second-order valence-electron chi connectivity index (χ2n) is 5.12. The van der Waals surface area contributed by atoms with Crippen molar-refractivity contribution in [2.24, 2.45) is 12.8 Å². The Morgan fingerprint density at radius 3 is 2.80 bits per heavy atom. The highest BCUT2D eigenvalue weighted by Gasteiger charge is 2.36. The van der Waals surface area contributed by atoms with E-state index in [4.69, 9.17) is 10.3 Å². The Hall–Kier alpha value is -1.66. The van der Waals surface area contributed by atoms with Gasteiger partial charge in [0.15, 0.2) is 5.82 Å². The molecule has 2 N–H and O–H groups in total. The van der Waals surface area contributed by atoms with Crippen molar-refractivity contribution >= 4 is 12.4 Å². The summed E-state index contributed by atoms with van der Waals surface area (Å²) in [5.74, 6) is 0.749. The Bertz CT molecular complexity index is 658. The molecule has 0 bridgehead atoms. The highest BCUT2D eigenvalue weighted by molar-refractivity contribution is 5.85. The lowest BCUT2D eigenvalue weighted by molar-refractivity contribution is 0.372. The maximum absolute atomic E-state index is 12.0. The Balaban J connectivity index is 0.00000147. The first-order chi connectivity index (χ1) is 9.10. The summed E-state index contributed by atoms with van der Waals surface area (Å²) in [6.45, 7) is 0. The summed E-state index contributed by atoms with van der Waals surface area (Å²) in [6, 6.07) is 3.45. The SMILES string of the molecule is Cl.Cn1cccc(-c2nc(C3(N)CCCC3)no2)c1=O. The van der Waals surface area contributed by atoms with Gasteiger partial charge in [-0.2, -0.15) is 4.98 Å². The lowest BCUT2D eigenvalue weighted by Gasteiger charge is -2.17. The molecule has 1 saturated carbocycles. The number of pyridine rings is 1. The number of nitrogens with two attached hydrogens (primary N) is 1. The Kier molecular flexibility index (Phi) is 3.96. The molecular formula is C13H17ClN4O2. The smallest absolute Gasteiger partial charge is 0.263 e. The fourth-order valence-electron chi connectivity index (χ4n) is 2.52. The Labute approximate surface area is 122 Å². The topological polar surface area (TPSA) is 86.9 Å². The summed E-state index contributed by atoms with van der Waals surface area (Å²) in [5.41, 5.74) is 6.02. The van der Waals surface area contributed by atoms with Crippen LogP contribution in [0.5, 0.6) is 0 Å². The van der Waals surface area contributed by atoms with E-state index >= 15 is 0 Å². The largest absolute Gasteiger partial charge is 0.334 e. The zero-order valence-electron chi connectivity index (χ0n) is 11.2. The van der Waals surface area contributed by atoms with Gasteiger partial charge < -0.3 is 14.8 Å². The van der Waals surface area contributed by atoms with Crippen molar-refractivity contribution in [3.05, 3.63) is 34.5 Å². The first-order valence-corrected chi connectivity index (χ1v) is 6.39. The third-order valence-corrected chi connectivity index (χ3v) is 3.72. The second kappa shape index (κ2) is 5.38. The molecule has 20 heavy (non-hydrogen) atoms. The van der Waals surface area contributed by atoms with Crippen molar-refractivity contribution in [1.82, 2.24) is 14.7 Å². The van der Waals surface area contributed by atoms with Crippen LogP contribution in [-0.4, -0.2) is 14.7 Å². The van der Waals surface area contributed by atoms with Crippen LogP contribution in [0.3, 0.4) is 0 Å². The average molecular weight is 297 g/mol. The van der Waals surface area contributed by atoms with Gasteiger partial charge in [0.25, 0.3) is 11.4 Å². The number of aryl methyl sites for hydroxylation is 1. The van der Waals surface area contributed by atoms with Crippen LogP contribution >= 0.6 is 12.4 Å². The molecule has 0 unspecified atom stereocenters. The summed E-state index contributed by atoms with van der Waals surface area (Å²) in [7, 11) is 1.69. The first kappa shape index (κ1) is 14.7. The van der Waals surface area contributed by atoms with Gasteiger partial charge in [0, 0.05) is 13.2 Å².